The molecule has 3 aromatic rings. The molecule has 0 saturated heterocycles. The van der Waals surface area contributed by atoms with Gasteiger partial charge in [-0.25, -0.2) is 8.78 Å². The Hall–Kier alpha value is -2.56. The van der Waals surface area contributed by atoms with E-state index < -0.39 is 23.5 Å². The number of aromatic nitrogens is 1. The summed E-state index contributed by atoms with van der Waals surface area (Å²) >= 11 is 0. The Kier molecular flexibility index (Phi) is 3.02. The molecule has 0 bridgehead atoms. The fourth-order valence-electron chi connectivity index (χ4n) is 1.84. The van der Waals surface area contributed by atoms with Crippen molar-refractivity contribution in [2.45, 2.75) is 0 Å². The second kappa shape index (κ2) is 4.85. The number of hydrogen-bond acceptors (Lipinski definition) is 2. The van der Waals surface area contributed by atoms with E-state index in [1.807, 2.05) is 24.3 Å². The average molecular weight is 275 g/mol. The third-order valence-corrected chi connectivity index (χ3v) is 2.79. The van der Waals surface area contributed by atoms with Crippen molar-refractivity contribution in [3.05, 3.63) is 66.1 Å². The molecule has 3 rings (SSSR count). The van der Waals surface area contributed by atoms with Crippen LogP contribution in [0.25, 0.3) is 10.8 Å². The highest BCUT2D eigenvalue weighted by Crippen LogP contribution is 2.26. The maximum absolute atomic E-state index is 13.4. The van der Waals surface area contributed by atoms with Crippen molar-refractivity contribution < 1.29 is 17.9 Å². The Labute approximate surface area is 112 Å². The summed E-state index contributed by atoms with van der Waals surface area (Å²) in [6.07, 6.45) is 0. The van der Waals surface area contributed by atoms with Gasteiger partial charge in [0.05, 0.1) is 0 Å². The molecule has 0 aliphatic carbocycles. The zero-order chi connectivity index (χ0) is 14.1. The van der Waals surface area contributed by atoms with Gasteiger partial charge in [0.2, 0.25) is 0 Å². The Bertz CT molecular complexity index is 789. The first kappa shape index (κ1) is 12.5. The van der Waals surface area contributed by atoms with Crippen LogP contribution in [-0.2, 0) is 0 Å². The number of rotatable bonds is 2. The van der Waals surface area contributed by atoms with Gasteiger partial charge >= 0.3 is 0 Å². The van der Waals surface area contributed by atoms with E-state index in [2.05, 4.69) is 4.98 Å². The minimum Gasteiger partial charge on any atom is -0.436 e. The molecule has 0 amide bonds. The van der Waals surface area contributed by atoms with Crippen LogP contribution in [-0.4, -0.2) is 4.98 Å². The lowest BCUT2D eigenvalue weighted by atomic mass is 10.1. The SMILES string of the molecule is Fc1cc(F)c(Oc2ccc3ccccc3c2)nc1F. The van der Waals surface area contributed by atoms with E-state index in [4.69, 9.17) is 4.74 Å². The molecule has 0 aliphatic heterocycles. The maximum atomic E-state index is 13.4. The van der Waals surface area contributed by atoms with E-state index in [0.29, 0.717) is 11.8 Å². The molecule has 0 radical (unpaired) electrons. The normalized spacial score (nSPS) is 10.8. The molecule has 0 fully saturated rings. The fraction of sp³-hybridized carbons (Fsp3) is 0. The number of nitrogens with zero attached hydrogens (tertiary/aromatic N) is 1. The van der Waals surface area contributed by atoms with E-state index >= 15 is 0 Å². The predicted molar refractivity (Wildman–Crippen MR) is 68.1 cm³/mol. The lowest BCUT2D eigenvalue weighted by Crippen LogP contribution is -1.97. The summed E-state index contributed by atoms with van der Waals surface area (Å²) in [5.74, 6) is -4.12. The molecule has 0 aliphatic rings. The monoisotopic (exact) mass is 275 g/mol. The summed E-state index contributed by atoms with van der Waals surface area (Å²) in [5, 5.41) is 1.87. The van der Waals surface area contributed by atoms with Gasteiger partial charge < -0.3 is 4.74 Å². The molecule has 100 valence electrons. The van der Waals surface area contributed by atoms with E-state index in [1.54, 1.807) is 18.2 Å². The van der Waals surface area contributed by atoms with Crippen molar-refractivity contribution in [3.63, 3.8) is 0 Å². The number of benzene rings is 2. The van der Waals surface area contributed by atoms with Crippen LogP contribution in [0, 0.1) is 17.6 Å². The summed E-state index contributed by atoms with van der Waals surface area (Å²) in [7, 11) is 0. The van der Waals surface area contributed by atoms with Gasteiger partial charge in [0.25, 0.3) is 11.8 Å². The van der Waals surface area contributed by atoms with Gasteiger partial charge in [0, 0.05) is 6.07 Å². The van der Waals surface area contributed by atoms with Crippen LogP contribution in [0.15, 0.2) is 48.5 Å². The maximum Gasteiger partial charge on any atom is 0.258 e. The minimum atomic E-state index is -1.40. The summed E-state index contributed by atoms with van der Waals surface area (Å²) in [6, 6.07) is 13.0. The van der Waals surface area contributed by atoms with Gasteiger partial charge in [-0.05, 0) is 22.9 Å². The van der Waals surface area contributed by atoms with Crippen LogP contribution in [0.2, 0.25) is 0 Å². The van der Waals surface area contributed by atoms with Crippen LogP contribution >= 0.6 is 0 Å². The summed E-state index contributed by atoms with van der Waals surface area (Å²) in [6.45, 7) is 0. The van der Waals surface area contributed by atoms with Gasteiger partial charge in [-0.3, -0.25) is 0 Å². The van der Waals surface area contributed by atoms with Gasteiger partial charge in [0.1, 0.15) is 5.75 Å². The van der Waals surface area contributed by atoms with Crippen LogP contribution in [0.4, 0.5) is 13.2 Å². The molecule has 0 unspecified atom stereocenters. The molecule has 5 heteroatoms. The molecule has 0 atom stereocenters. The van der Waals surface area contributed by atoms with E-state index in [1.165, 1.54) is 0 Å². The average Bonchev–Trinajstić information content (AvgIpc) is 2.44. The Morgan fingerprint density at radius 1 is 0.800 bits per heavy atom. The standard InChI is InChI=1S/C15H8F3NO/c16-12-8-13(17)15(19-14(12)18)20-11-6-5-9-3-1-2-4-10(9)7-11/h1-8H. The second-order valence-electron chi connectivity index (χ2n) is 4.16. The van der Waals surface area contributed by atoms with E-state index in [9.17, 15) is 13.2 Å². The largest absolute Gasteiger partial charge is 0.436 e. The molecular formula is C15H8F3NO. The van der Waals surface area contributed by atoms with Crippen LogP contribution < -0.4 is 4.74 Å². The predicted octanol–water partition coefficient (Wildman–Crippen LogP) is 4.44. The first-order valence-corrected chi connectivity index (χ1v) is 5.82. The molecule has 0 N–H and O–H groups in total. The van der Waals surface area contributed by atoms with Crippen molar-refractivity contribution in [2.75, 3.05) is 0 Å². The smallest absolute Gasteiger partial charge is 0.258 e. The van der Waals surface area contributed by atoms with Crippen molar-refractivity contribution in [3.8, 4) is 11.6 Å². The van der Waals surface area contributed by atoms with Crippen LogP contribution in [0.5, 0.6) is 11.6 Å². The minimum absolute atomic E-state index is 0.293. The van der Waals surface area contributed by atoms with Crippen molar-refractivity contribution >= 4 is 10.8 Å². The highest BCUT2D eigenvalue weighted by Gasteiger charge is 2.13. The van der Waals surface area contributed by atoms with Crippen molar-refractivity contribution in [1.82, 2.24) is 4.98 Å². The number of fused-ring (bicyclic) bond motifs is 1. The fourth-order valence-corrected chi connectivity index (χ4v) is 1.84. The topological polar surface area (TPSA) is 22.1 Å². The summed E-state index contributed by atoms with van der Waals surface area (Å²) in [5.41, 5.74) is 0. The Morgan fingerprint density at radius 2 is 1.55 bits per heavy atom. The Balaban J connectivity index is 1.99. The highest BCUT2D eigenvalue weighted by atomic mass is 19.2. The number of pyridine rings is 1. The molecule has 2 aromatic carbocycles. The number of hydrogen-bond donors (Lipinski definition) is 0. The lowest BCUT2D eigenvalue weighted by Gasteiger charge is -2.07. The highest BCUT2D eigenvalue weighted by molar-refractivity contribution is 5.83. The van der Waals surface area contributed by atoms with E-state index in [0.717, 1.165) is 10.8 Å². The van der Waals surface area contributed by atoms with Gasteiger partial charge in [0.15, 0.2) is 11.6 Å². The third kappa shape index (κ3) is 2.30. The van der Waals surface area contributed by atoms with Crippen molar-refractivity contribution in [1.29, 1.82) is 0 Å². The second-order valence-corrected chi connectivity index (χ2v) is 4.16. The molecular weight excluding hydrogens is 267 g/mol. The first-order chi connectivity index (χ1) is 9.63. The van der Waals surface area contributed by atoms with Crippen molar-refractivity contribution in [2.24, 2.45) is 0 Å². The molecule has 1 heterocycles. The lowest BCUT2D eigenvalue weighted by molar-refractivity contribution is 0.387. The molecule has 1 aromatic heterocycles. The zero-order valence-electron chi connectivity index (χ0n) is 10.1. The molecule has 0 spiro atoms. The molecule has 20 heavy (non-hydrogen) atoms. The van der Waals surface area contributed by atoms with Crippen LogP contribution in [0.3, 0.4) is 0 Å². The molecule has 2 nitrogen and oxygen atoms in total. The van der Waals surface area contributed by atoms with Crippen LogP contribution in [0.1, 0.15) is 0 Å². The summed E-state index contributed by atoms with van der Waals surface area (Å²) in [4.78, 5) is 3.11. The summed E-state index contributed by atoms with van der Waals surface area (Å²) < 4.78 is 44.4. The van der Waals surface area contributed by atoms with E-state index in [-0.39, 0.29) is 0 Å². The number of ether oxygens (including phenoxy) is 1. The number of halogens is 3. The van der Waals surface area contributed by atoms with Gasteiger partial charge in [-0.1, -0.05) is 30.3 Å². The molecule has 0 saturated carbocycles. The quantitative estimate of drug-likeness (QED) is 0.645. The van der Waals surface area contributed by atoms with Gasteiger partial charge in [-0.15, -0.1) is 0 Å². The van der Waals surface area contributed by atoms with Gasteiger partial charge in [-0.2, -0.15) is 9.37 Å². The first-order valence-electron chi connectivity index (χ1n) is 5.82. The Morgan fingerprint density at radius 3 is 2.35 bits per heavy atom. The zero-order valence-corrected chi connectivity index (χ0v) is 10.1. The third-order valence-electron chi connectivity index (χ3n) is 2.79.